The first-order chi connectivity index (χ1) is 6.79. The van der Waals surface area contributed by atoms with Crippen LogP contribution in [0, 0.1) is 0 Å². The third-order valence-electron chi connectivity index (χ3n) is 1.83. The minimum Gasteiger partial charge on any atom is -0.354 e. The Kier molecular flexibility index (Phi) is 5.87. The fourth-order valence-electron chi connectivity index (χ4n) is 0.835. The van der Waals surface area contributed by atoms with E-state index in [-0.39, 0.29) is 11.8 Å². The Hall–Kier alpha value is -0.580. The summed E-state index contributed by atoms with van der Waals surface area (Å²) in [5.41, 5.74) is 0. The predicted molar refractivity (Wildman–Crippen MR) is 63.9 cm³/mol. The zero-order chi connectivity index (χ0) is 12.1. The first kappa shape index (κ1) is 14.4. The molecule has 1 unspecified atom stereocenters. The number of nitrogens with one attached hydrogen (secondary N) is 2. The van der Waals surface area contributed by atoms with Gasteiger partial charge in [-0.15, -0.1) is 0 Å². The van der Waals surface area contributed by atoms with Gasteiger partial charge in [0.25, 0.3) is 0 Å². The molecule has 0 aromatic carbocycles. The van der Waals surface area contributed by atoms with Gasteiger partial charge in [0, 0.05) is 6.54 Å². The summed E-state index contributed by atoms with van der Waals surface area (Å²) >= 11 is 3.23. The van der Waals surface area contributed by atoms with E-state index in [2.05, 4.69) is 26.6 Å². The van der Waals surface area contributed by atoms with Crippen LogP contribution in [0.5, 0.6) is 0 Å². The molecule has 0 bridgehead atoms. The number of carbonyl (C=O) groups is 2. The molecule has 0 aliphatic rings. The average Bonchev–Trinajstić information content (AvgIpc) is 2.12. The topological polar surface area (TPSA) is 58.2 Å². The molecule has 0 aliphatic heterocycles. The highest BCUT2D eigenvalue weighted by atomic mass is 79.9. The van der Waals surface area contributed by atoms with E-state index in [9.17, 15) is 9.59 Å². The van der Waals surface area contributed by atoms with Gasteiger partial charge in [0.1, 0.15) is 6.04 Å². The maximum absolute atomic E-state index is 11.5. The zero-order valence-electron chi connectivity index (χ0n) is 9.69. The Bertz CT molecular complexity index is 236. The number of alkyl halides is 1. The standard InChI is InChI=1S/C10H19BrN2O2/c1-5-6-12-8(14)7(2)13-9(15)10(3,4)11/h7H,5-6H2,1-4H3,(H,12,14)(H,13,15). The Labute approximate surface area is 99.3 Å². The van der Waals surface area contributed by atoms with E-state index >= 15 is 0 Å². The molecule has 88 valence electrons. The Morgan fingerprint density at radius 1 is 1.40 bits per heavy atom. The van der Waals surface area contributed by atoms with Gasteiger partial charge in [0.05, 0.1) is 4.32 Å². The smallest absolute Gasteiger partial charge is 0.242 e. The molecule has 15 heavy (non-hydrogen) atoms. The van der Waals surface area contributed by atoms with Crippen molar-refractivity contribution >= 4 is 27.7 Å². The van der Waals surface area contributed by atoms with Crippen molar-refractivity contribution in [3.8, 4) is 0 Å². The second-order valence-corrected chi connectivity index (χ2v) is 5.94. The summed E-state index contributed by atoms with van der Waals surface area (Å²) in [6.07, 6.45) is 0.885. The Morgan fingerprint density at radius 2 is 1.93 bits per heavy atom. The van der Waals surface area contributed by atoms with Gasteiger partial charge in [-0.05, 0) is 27.2 Å². The van der Waals surface area contributed by atoms with Gasteiger partial charge in [0.15, 0.2) is 0 Å². The molecule has 0 rings (SSSR count). The van der Waals surface area contributed by atoms with Gasteiger partial charge in [-0.1, -0.05) is 22.9 Å². The maximum Gasteiger partial charge on any atom is 0.242 e. The number of hydrogen-bond acceptors (Lipinski definition) is 2. The normalized spacial score (nSPS) is 13.1. The van der Waals surface area contributed by atoms with Gasteiger partial charge < -0.3 is 10.6 Å². The van der Waals surface area contributed by atoms with Crippen LogP contribution in [0.15, 0.2) is 0 Å². The lowest BCUT2D eigenvalue weighted by molar-refractivity contribution is -0.129. The van der Waals surface area contributed by atoms with Gasteiger partial charge in [-0.3, -0.25) is 9.59 Å². The molecule has 0 saturated carbocycles. The van der Waals surface area contributed by atoms with E-state index < -0.39 is 10.4 Å². The van der Waals surface area contributed by atoms with Crippen molar-refractivity contribution in [1.82, 2.24) is 10.6 Å². The van der Waals surface area contributed by atoms with Crippen molar-refractivity contribution in [2.24, 2.45) is 0 Å². The summed E-state index contributed by atoms with van der Waals surface area (Å²) in [5, 5.41) is 5.35. The molecule has 0 aromatic heterocycles. The van der Waals surface area contributed by atoms with Crippen molar-refractivity contribution in [3.05, 3.63) is 0 Å². The molecular weight excluding hydrogens is 260 g/mol. The van der Waals surface area contributed by atoms with Crippen LogP contribution in [-0.4, -0.2) is 28.7 Å². The van der Waals surface area contributed by atoms with Crippen molar-refractivity contribution in [3.63, 3.8) is 0 Å². The van der Waals surface area contributed by atoms with Crippen molar-refractivity contribution in [2.45, 2.75) is 44.5 Å². The van der Waals surface area contributed by atoms with E-state index in [1.54, 1.807) is 20.8 Å². The molecule has 5 heteroatoms. The number of hydrogen-bond donors (Lipinski definition) is 2. The first-order valence-corrected chi connectivity index (χ1v) is 5.86. The average molecular weight is 279 g/mol. The molecule has 0 spiro atoms. The largest absolute Gasteiger partial charge is 0.354 e. The van der Waals surface area contributed by atoms with Crippen LogP contribution in [0.1, 0.15) is 34.1 Å². The number of halogens is 1. The highest BCUT2D eigenvalue weighted by Crippen LogP contribution is 2.15. The molecule has 0 fully saturated rings. The molecule has 0 heterocycles. The van der Waals surface area contributed by atoms with Crippen molar-refractivity contribution in [2.75, 3.05) is 6.54 Å². The SMILES string of the molecule is CCCNC(=O)C(C)NC(=O)C(C)(C)Br. The lowest BCUT2D eigenvalue weighted by atomic mass is 10.2. The van der Waals surface area contributed by atoms with E-state index in [1.165, 1.54) is 0 Å². The zero-order valence-corrected chi connectivity index (χ0v) is 11.3. The molecule has 0 aromatic rings. The van der Waals surface area contributed by atoms with Crippen LogP contribution in [0.25, 0.3) is 0 Å². The lowest BCUT2D eigenvalue weighted by Crippen LogP contribution is -2.49. The number of carbonyl (C=O) groups excluding carboxylic acids is 2. The number of rotatable bonds is 5. The molecule has 2 amide bonds. The highest BCUT2D eigenvalue weighted by molar-refractivity contribution is 9.10. The third-order valence-corrected chi connectivity index (χ3v) is 2.19. The molecule has 0 aliphatic carbocycles. The fourth-order valence-corrected chi connectivity index (χ4v) is 0.950. The van der Waals surface area contributed by atoms with Gasteiger partial charge in [0.2, 0.25) is 11.8 Å². The molecule has 2 N–H and O–H groups in total. The fraction of sp³-hybridized carbons (Fsp3) is 0.800. The minimum absolute atomic E-state index is 0.151. The minimum atomic E-state index is -0.647. The predicted octanol–water partition coefficient (Wildman–Crippen LogP) is 1.19. The second kappa shape index (κ2) is 6.10. The van der Waals surface area contributed by atoms with Crippen LogP contribution in [0.2, 0.25) is 0 Å². The van der Waals surface area contributed by atoms with E-state index in [0.717, 1.165) is 6.42 Å². The lowest BCUT2D eigenvalue weighted by Gasteiger charge is -2.20. The molecule has 0 saturated heterocycles. The first-order valence-electron chi connectivity index (χ1n) is 5.06. The second-order valence-electron chi connectivity index (χ2n) is 3.96. The number of amides is 2. The Balaban J connectivity index is 4.08. The quantitative estimate of drug-likeness (QED) is 0.743. The third kappa shape index (κ3) is 5.77. The van der Waals surface area contributed by atoms with E-state index in [0.29, 0.717) is 6.54 Å². The van der Waals surface area contributed by atoms with Crippen LogP contribution in [-0.2, 0) is 9.59 Å². The molecular formula is C10H19BrN2O2. The molecule has 4 nitrogen and oxygen atoms in total. The van der Waals surface area contributed by atoms with Crippen molar-refractivity contribution < 1.29 is 9.59 Å². The summed E-state index contributed by atoms with van der Waals surface area (Å²) in [5.74, 6) is -0.344. The molecule has 1 atom stereocenters. The summed E-state index contributed by atoms with van der Waals surface area (Å²) in [6.45, 7) is 7.75. The van der Waals surface area contributed by atoms with Crippen LogP contribution in [0.4, 0.5) is 0 Å². The van der Waals surface area contributed by atoms with E-state index in [1.807, 2.05) is 6.92 Å². The van der Waals surface area contributed by atoms with Gasteiger partial charge in [-0.25, -0.2) is 0 Å². The van der Waals surface area contributed by atoms with Gasteiger partial charge in [-0.2, -0.15) is 0 Å². The summed E-state index contributed by atoms with van der Waals surface area (Å²) in [6, 6.07) is -0.499. The van der Waals surface area contributed by atoms with Gasteiger partial charge >= 0.3 is 0 Å². The summed E-state index contributed by atoms with van der Waals surface area (Å²) < 4.78 is -0.647. The highest BCUT2D eigenvalue weighted by Gasteiger charge is 2.26. The maximum atomic E-state index is 11.5. The summed E-state index contributed by atoms with van der Waals surface area (Å²) in [4.78, 5) is 22.9. The summed E-state index contributed by atoms with van der Waals surface area (Å²) in [7, 11) is 0. The van der Waals surface area contributed by atoms with Crippen molar-refractivity contribution in [1.29, 1.82) is 0 Å². The van der Waals surface area contributed by atoms with Crippen LogP contribution < -0.4 is 10.6 Å². The Morgan fingerprint density at radius 3 is 2.33 bits per heavy atom. The van der Waals surface area contributed by atoms with Crippen LogP contribution >= 0.6 is 15.9 Å². The van der Waals surface area contributed by atoms with E-state index in [4.69, 9.17) is 0 Å². The molecule has 0 radical (unpaired) electrons. The monoisotopic (exact) mass is 278 g/mol. The van der Waals surface area contributed by atoms with Crippen LogP contribution in [0.3, 0.4) is 0 Å².